The molecule has 8 heteroatoms. The van der Waals surface area contributed by atoms with Crippen LogP contribution in [-0.2, 0) is 10.0 Å². The molecule has 0 fully saturated rings. The molecular formula is C22H17ClN2O4S. The van der Waals surface area contributed by atoms with E-state index in [4.69, 9.17) is 21.5 Å². The first kappa shape index (κ1) is 20.2. The number of H-pyrrole nitrogens is 1. The Balaban J connectivity index is 1.72. The van der Waals surface area contributed by atoms with Gasteiger partial charge in [0.25, 0.3) is 0 Å². The molecule has 4 aromatic rings. The zero-order valence-corrected chi connectivity index (χ0v) is 17.4. The van der Waals surface area contributed by atoms with Gasteiger partial charge in [-0.3, -0.25) is 4.79 Å². The maximum Gasteiger partial charge on any atom is 0.239 e. The quantitative estimate of drug-likeness (QED) is 0.449. The molecule has 0 spiro atoms. The summed E-state index contributed by atoms with van der Waals surface area (Å²) in [7, 11) is -2.42. The Kier molecular flexibility index (Phi) is 5.11. The number of methoxy groups -OCH3 is 1. The maximum absolute atomic E-state index is 12.9. The third-order valence-electron chi connectivity index (χ3n) is 4.84. The Hall–Kier alpha value is -3.13. The van der Waals surface area contributed by atoms with Gasteiger partial charge in [-0.05, 0) is 42.0 Å². The zero-order valence-electron chi connectivity index (χ0n) is 15.8. The van der Waals surface area contributed by atoms with Crippen molar-refractivity contribution in [3.63, 3.8) is 0 Å². The monoisotopic (exact) mass is 440 g/mol. The van der Waals surface area contributed by atoms with Crippen molar-refractivity contribution in [1.29, 1.82) is 0 Å². The third-order valence-corrected chi connectivity index (χ3v) is 6.24. The number of nitrogens with one attached hydrogen (secondary N) is 1. The molecule has 30 heavy (non-hydrogen) atoms. The molecule has 0 radical (unpaired) electrons. The van der Waals surface area contributed by atoms with Crippen molar-refractivity contribution in [2.24, 2.45) is 5.14 Å². The highest BCUT2D eigenvalue weighted by molar-refractivity contribution is 7.89. The first-order chi connectivity index (χ1) is 14.3. The topological polar surface area (TPSA) is 102 Å². The number of aromatic nitrogens is 1. The Morgan fingerprint density at radius 2 is 1.67 bits per heavy atom. The molecule has 3 N–H and O–H groups in total. The number of aromatic amines is 1. The minimum atomic E-state index is -4.04. The largest absolute Gasteiger partial charge is 0.497 e. The number of ether oxygens (including phenoxy) is 1. The number of nitrogens with two attached hydrogens (primary N) is 1. The summed E-state index contributed by atoms with van der Waals surface area (Å²) in [5.41, 5.74) is 3.39. The van der Waals surface area contributed by atoms with E-state index in [0.29, 0.717) is 5.56 Å². The molecule has 0 bridgehead atoms. The van der Waals surface area contributed by atoms with Crippen molar-refractivity contribution >= 4 is 38.3 Å². The highest BCUT2D eigenvalue weighted by Crippen LogP contribution is 2.31. The van der Waals surface area contributed by atoms with E-state index in [-0.39, 0.29) is 21.3 Å². The van der Waals surface area contributed by atoms with Crippen LogP contribution in [0, 0.1) is 0 Å². The summed E-state index contributed by atoms with van der Waals surface area (Å²) in [6.07, 6.45) is 1.88. The molecule has 1 heterocycles. The van der Waals surface area contributed by atoms with Gasteiger partial charge >= 0.3 is 0 Å². The standard InChI is InChI=1S/C22H17ClN2O4S/c1-29-16-6-2-13(3-7-16)18-12-25-20-10-14(4-8-17(18)20)22(26)15-5-9-19(23)21(11-15)30(24,27)28/h2-12,25H,1H3,(H2,24,27,28). The van der Waals surface area contributed by atoms with Crippen LogP contribution in [-0.4, -0.2) is 26.3 Å². The summed E-state index contributed by atoms with van der Waals surface area (Å²) in [4.78, 5) is 15.8. The number of fused-ring (bicyclic) bond motifs is 1. The number of primary sulfonamides is 1. The van der Waals surface area contributed by atoms with Crippen molar-refractivity contribution in [2.75, 3.05) is 7.11 Å². The third kappa shape index (κ3) is 3.70. The van der Waals surface area contributed by atoms with Gasteiger partial charge in [-0.15, -0.1) is 0 Å². The molecule has 4 rings (SSSR count). The lowest BCUT2D eigenvalue weighted by Gasteiger charge is -2.06. The van der Waals surface area contributed by atoms with E-state index >= 15 is 0 Å². The molecule has 1 aromatic heterocycles. The van der Waals surface area contributed by atoms with Gasteiger partial charge in [-0.25, -0.2) is 13.6 Å². The molecule has 0 unspecified atom stereocenters. The Labute approximate surface area is 178 Å². The van der Waals surface area contributed by atoms with E-state index in [1.807, 2.05) is 36.5 Å². The molecule has 0 saturated heterocycles. The van der Waals surface area contributed by atoms with Crippen LogP contribution in [0.5, 0.6) is 5.75 Å². The Morgan fingerprint density at radius 1 is 1.00 bits per heavy atom. The van der Waals surface area contributed by atoms with Crippen LogP contribution in [0.15, 0.2) is 71.8 Å². The Bertz CT molecular complexity index is 1380. The number of hydrogen-bond acceptors (Lipinski definition) is 4. The van der Waals surface area contributed by atoms with E-state index in [1.54, 1.807) is 19.2 Å². The number of ketones is 1. The molecule has 0 atom stereocenters. The lowest BCUT2D eigenvalue weighted by molar-refractivity contribution is 0.103. The van der Waals surface area contributed by atoms with Crippen LogP contribution >= 0.6 is 11.6 Å². The highest BCUT2D eigenvalue weighted by atomic mass is 35.5. The second-order valence-electron chi connectivity index (χ2n) is 6.71. The number of rotatable bonds is 5. The second-order valence-corrected chi connectivity index (χ2v) is 8.65. The fourth-order valence-electron chi connectivity index (χ4n) is 3.31. The SMILES string of the molecule is COc1ccc(-c2c[nH]c3cc(C(=O)c4ccc(Cl)c(S(N)(=O)=O)c4)ccc23)cc1. The van der Waals surface area contributed by atoms with Gasteiger partial charge in [-0.1, -0.05) is 35.9 Å². The lowest BCUT2D eigenvalue weighted by Crippen LogP contribution is -2.14. The highest BCUT2D eigenvalue weighted by Gasteiger charge is 2.18. The predicted molar refractivity (Wildman–Crippen MR) is 117 cm³/mol. The molecule has 0 aliphatic rings. The first-order valence-corrected chi connectivity index (χ1v) is 10.8. The van der Waals surface area contributed by atoms with Crippen molar-refractivity contribution < 1.29 is 17.9 Å². The van der Waals surface area contributed by atoms with Crippen molar-refractivity contribution in [3.8, 4) is 16.9 Å². The van der Waals surface area contributed by atoms with Gasteiger partial charge in [0, 0.05) is 33.8 Å². The van der Waals surface area contributed by atoms with Gasteiger partial charge < -0.3 is 9.72 Å². The smallest absolute Gasteiger partial charge is 0.239 e. The normalized spacial score (nSPS) is 11.6. The summed E-state index contributed by atoms with van der Waals surface area (Å²) in [5.74, 6) is 0.437. The van der Waals surface area contributed by atoms with Gasteiger partial charge in [0.15, 0.2) is 5.78 Å². The first-order valence-electron chi connectivity index (χ1n) is 8.90. The number of carbonyl (C=O) groups is 1. The molecule has 0 aliphatic carbocycles. The van der Waals surface area contributed by atoms with Crippen LogP contribution in [0.2, 0.25) is 5.02 Å². The van der Waals surface area contributed by atoms with E-state index in [1.165, 1.54) is 18.2 Å². The fourth-order valence-corrected chi connectivity index (χ4v) is 4.38. The molecular weight excluding hydrogens is 424 g/mol. The lowest BCUT2D eigenvalue weighted by atomic mass is 10.00. The summed E-state index contributed by atoms with van der Waals surface area (Å²) in [5, 5.41) is 6.11. The molecule has 0 amide bonds. The molecule has 152 valence electrons. The van der Waals surface area contributed by atoms with Crippen LogP contribution < -0.4 is 9.88 Å². The molecule has 3 aromatic carbocycles. The molecule has 0 aliphatic heterocycles. The average molecular weight is 441 g/mol. The van der Waals surface area contributed by atoms with Crippen LogP contribution in [0.3, 0.4) is 0 Å². The van der Waals surface area contributed by atoms with Gasteiger partial charge in [-0.2, -0.15) is 0 Å². The van der Waals surface area contributed by atoms with Crippen molar-refractivity contribution in [1.82, 2.24) is 4.98 Å². The van der Waals surface area contributed by atoms with Crippen LogP contribution in [0.1, 0.15) is 15.9 Å². The van der Waals surface area contributed by atoms with Crippen molar-refractivity contribution in [2.45, 2.75) is 4.90 Å². The van der Waals surface area contributed by atoms with Gasteiger partial charge in [0.2, 0.25) is 10.0 Å². The minimum Gasteiger partial charge on any atom is -0.497 e. The van der Waals surface area contributed by atoms with E-state index in [9.17, 15) is 13.2 Å². The molecule has 0 saturated carbocycles. The van der Waals surface area contributed by atoms with E-state index < -0.39 is 10.0 Å². The van der Waals surface area contributed by atoms with Gasteiger partial charge in [0.1, 0.15) is 10.6 Å². The number of benzene rings is 3. The maximum atomic E-state index is 12.9. The van der Waals surface area contributed by atoms with Crippen LogP contribution in [0.25, 0.3) is 22.0 Å². The zero-order chi connectivity index (χ0) is 21.5. The number of halogens is 1. The number of sulfonamides is 1. The van der Waals surface area contributed by atoms with Gasteiger partial charge in [0.05, 0.1) is 12.1 Å². The summed E-state index contributed by atoms with van der Waals surface area (Å²) in [6.45, 7) is 0. The van der Waals surface area contributed by atoms with Crippen molar-refractivity contribution in [3.05, 3.63) is 83.0 Å². The number of hydrogen-bond donors (Lipinski definition) is 2. The fraction of sp³-hybridized carbons (Fsp3) is 0.0455. The number of carbonyl (C=O) groups excluding carboxylic acids is 1. The molecule has 6 nitrogen and oxygen atoms in total. The summed E-state index contributed by atoms with van der Waals surface area (Å²) in [6, 6.07) is 17.0. The Morgan fingerprint density at radius 3 is 2.33 bits per heavy atom. The van der Waals surface area contributed by atoms with Crippen LogP contribution in [0.4, 0.5) is 0 Å². The van der Waals surface area contributed by atoms with E-state index in [0.717, 1.165) is 27.8 Å². The van der Waals surface area contributed by atoms with E-state index in [2.05, 4.69) is 4.98 Å². The summed E-state index contributed by atoms with van der Waals surface area (Å²) < 4.78 is 28.6. The predicted octanol–water partition coefficient (Wildman–Crippen LogP) is 4.38. The summed E-state index contributed by atoms with van der Waals surface area (Å²) >= 11 is 5.91. The minimum absolute atomic E-state index is 0.0296. The average Bonchev–Trinajstić information content (AvgIpc) is 3.16. The second kappa shape index (κ2) is 7.60.